The molecule has 0 saturated heterocycles. The maximum atomic E-state index is 3.95. The molecule has 0 unspecified atom stereocenters. The van der Waals surface area contributed by atoms with Crippen LogP contribution in [0.4, 0.5) is 0 Å². The van der Waals surface area contributed by atoms with Gasteiger partial charge in [-0.25, -0.2) is 0 Å². The van der Waals surface area contributed by atoms with E-state index in [0.717, 1.165) is 11.1 Å². The summed E-state index contributed by atoms with van der Waals surface area (Å²) in [6.07, 6.45) is 10.0. The zero-order valence-electron chi connectivity index (χ0n) is 8.80. The second-order valence-electron chi connectivity index (χ2n) is 3.08. The van der Waals surface area contributed by atoms with Crippen LogP contribution in [0.1, 0.15) is 20.8 Å². The van der Waals surface area contributed by atoms with Crippen LogP contribution in [0.2, 0.25) is 0 Å². The quantitative estimate of drug-likeness (QED) is 0.560. The van der Waals surface area contributed by atoms with E-state index in [-0.39, 0.29) is 0 Å². The highest BCUT2D eigenvalue weighted by atomic mass is 13.9. The Kier molecular flexibility index (Phi) is 5.62. The Bertz CT molecular complexity index is 272. The van der Waals surface area contributed by atoms with Gasteiger partial charge in [-0.3, -0.25) is 0 Å². The highest BCUT2D eigenvalue weighted by Crippen LogP contribution is 2.09. The Hall–Kier alpha value is -1.30. The summed E-state index contributed by atoms with van der Waals surface area (Å²) in [6.45, 7) is 13.7. The van der Waals surface area contributed by atoms with Gasteiger partial charge in [-0.05, 0) is 31.9 Å². The van der Waals surface area contributed by atoms with Crippen molar-refractivity contribution in [2.24, 2.45) is 0 Å². The minimum Gasteiger partial charge on any atom is -0.0961 e. The number of rotatable bonds is 4. The zero-order valence-corrected chi connectivity index (χ0v) is 8.80. The lowest BCUT2D eigenvalue weighted by Crippen LogP contribution is -1.77. The molecule has 0 atom stereocenters. The van der Waals surface area contributed by atoms with Gasteiger partial charge in [-0.15, -0.1) is 0 Å². The van der Waals surface area contributed by atoms with Crippen molar-refractivity contribution in [3.63, 3.8) is 0 Å². The van der Waals surface area contributed by atoms with Crippen LogP contribution in [0.5, 0.6) is 0 Å². The highest BCUT2D eigenvalue weighted by Gasteiger charge is 1.89. The number of hydrogen-bond acceptors (Lipinski definition) is 0. The van der Waals surface area contributed by atoms with Crippen molar-refractivity contribution in [2.45, 2.75) is 20.8 Å². The summed E-state index contributed by atoms with van der Waals surface area (Å²) < 4.78 is 0. The van der Waals surface area contributed by atoms with Crippen molar-refractivity contribution in [3.05, 3.63) is 60.3 Å². The molecule has 0 radical (unpaired) electrons. The van der Waals surface area contributed by atoms with E-state index in [1.165, 1.54) is 5.57 Å². The molecule has 0 aliphatic heterocycles. The molecule has 13 heavy (non-hydrogen) atoms. The van der Waals surface area contributed by atoms with Gasteiger partial charge in [0.1, 0.15) is 0 Å². The molecule has 0 aromatic carbocycles. The summed E-state index contributed by atoms with van der Waals surface area (Å²) in [5, 5.41) is 0. The van der Waals surface area contributed by atoms with Crippen LogP contribution in [0, 0.1) is 0 Å². The first-order valence-corrected chi connectivity index (χ1v) is 4.40. The average Bonchev–Trinajstić information content (AvgIpc) is 2.10. The smallest absolute Gasteiger partial charge is 0.0299 e. The zero-order chi connectivity index (χ0) is 10.3. The summed E-state index contributed by atoms with van der Waals surface area (Å²) >= 11 is 0. The number of hydrogen-bond donors (Lipinski definition) is 0. The van der Waals surface area contributed by atoms with Crippen LogP contribution in [-0.2, 0) is 0 Å². The maximum Gasteiger partial charge on any atom is -0.0299 e. The van der Waals surface area contributed by atoms with E-state index in [4.69, 9.17) is 0 Å². The first-order chi connectivity index (χ1) is 6.07. The van der Waals surface area contributed by atoms with E-state index in [1.807, 2.05) is 51.2 Å². The Morgan fingerprint density at radius 3 is 2.15 bits per heavy atom. The van der Waals surface area contributed by atoms with Crippen molar-refractivity contribution >= 4 is 0 Å². The van der Waals surface area contributed by atoms with Gasteiger partial charge in [0, 0.05) is 0 Å². The van der Waals surface area contributed by atoms with Crippen molar-refractivity contribution in [2.75, 3.05) is 0 Å². The standard InChI is InChI=1S/C13H18/c1-6-7-8-12(4)13(5)10-9-11(2)3/h6-10H,2,5H2,1,3-4H3/b7-6-,10-9-,12-8+. The molecule has 0 nitrogen and oxygen atoms in total. The predicted octanol–water partition coefficient (Wildman–Crippen LogP) is 4.20. The van der Waals surface area contributed by atoms with Gasteiger partial charge in [0.15, 0.2) is 0 Å². The third-order valence-electron chi connectivity index (χ3n) is 1.61. The van der Waals surface area contributed by atoms with Crippen molar-refractivity contribution in [1.29, 1.82) is 0 Å². The van der Waals surface area contributed by atoms with Crippen LogP contribution in [-0.4, -0.2) is 0 Å². The Labute approximate surface area is 81.7 Å². The predicted molar refractivity (Wildman–Crippen MR) is 61.7 cm³/mol. The topological polar surface area (TPSA) is 0 Å². The summed E-state index contributed by atoms with van der Waals surface area (Å²) in [7, 11) is 0. The van der Waals surface area contributed by atoms with Crippen molar-refractivity contribution < 1.29 is 0 Å². The molecule has 0 N–H and O–H groups in total. The van der Waals surface area contributed by atoms with Gasteiger partial charge in [0.25, 0.3) is 0 Å². The fourth-order valence-corrected chi connectivity index (χ4v) is 0.722. The van der Waals surface area contributed by atoms with Crippen LogP contribution < -0.4 is 0 Å². The Morgan fingerprint density at radius 1 is 1.08 bits per heavy atom. The molecule has 0 aliphatic carbocycles. The molecule has 0 fully saturated rings. The lowest BCUT2D eigenvalue weighted by atomic mass is 10.1. The van der Waals surface area contributed by atoms with E-state index in [2.05, 4.69) is 13.2 Å². The molecule has 0 bridgehead atoms. The monoisotopic (exact) mass is 174 g/mol. The maximum absolute atomic E-state index is 3.95. The van der Waals surface area contributed by atoms with Crippen molar-refractivity contribution in [3.8, 4) is 0 Å². The van der Waals surface area contributed by atoms with Crippen LogP contribution in [0.15, 0.2) is 60.3 Å². The first-order valence-electron chi connectivity index (χ1n) is 4.40. The molecule has 70 valence electrons. The molecule has 0 heterocycles. The van der Waals surface area contributed by atoms with Crippen LogP contribution in [0.25, 0.3) is 0 Å². The second kappa shape index (κ2) is 6.24. The molecular formula is C13H18. The van der Waals surface area contributed by atoms with Gasteiger partial charge >= 0.3 is 0 Å². The van der Waals surface area contributed by atoms with Gasteiger partial charge in [0.05, 0.1) is 0 Å². The minimum atomic E-state index is 1.03. The van der Waals surface area contributed by atoms with Gasteiger partial charge < -0.3 is 0 Å². The third-order valence-corrected chi connectivity index (χ3v) is 1.61. The lowest BCUT2D eigenvalue weighted by Gasteiger charge is -1.97. The summed E-state index contributed by atoms with van der Waals surface area (Å²) in [5.74, 6) is 0. The third kappa shape index (κ3) is 5.92. The largest absolute Gasteiger partial charge is 0.0961 e. The second-order valence-corrected chi connectivity index (χ2v) is 3.08. The molecule has 0 aromatic rings. The first kappa shape index (κ1) is 11.7. The van der Waals surface area contributed by atoms with E-state index in [1.54, 1.807) is 0 Å². The SMILES string of the molecule is C=C(C)/C=C\C(=C)/C(C)=C/C=C\C. The van der Waals surface area contributed by atoms with Crippen LogP contribution in [0.3, 0.4) is 0 Å². The van der Waals surface area contributed by atoms with E-state index < -0.39 is 0 Å². The fourth-order valence-electron chi connectivity index (χ4n) is 0.722. The van der Waals surface area contributed by atoms with E-state index in [0.29, 0.717) is 0 Å². The fraction of sp³-hybridized carbons (Fsp3) is 0.231. The highest BCUT2D eigenvalue weighted by molar-refractivity contribution is 5.39. The molecule has 0 heteroatoms. The molecule has 0 rings (SSSR count). The molecule has 0 amide bonds. The summed E-state index contributed by atoms with van der Waals surface area (Å²) in [6, 6.07) is 0. The molecule has 0 aromatic heterocycles. The summed E-state index contributed by atoms with van der Waals surface area (Å²) in [4.78, 5) is 0. The van der Waals surface area contributed by atoms with Gasteiger partial charge in [-0.1, -0.05) is 49.1 Å². The normalized spacial score (nSPS) is 12.7. The Morgan fingerprint density at radius 2 is 1.69 bits per heavy atom. The van der Waals surface area contributed by atoms with Gasteiger partial charge in [0.2, 0.25) is 0 Å². The van der Waals surface area contributed by atoms with Crippen LogP contribution >= 0.6 is 0 Å². The van der Waals surface area contributed by atoms with Gasteiger partial charge in [-0.2, -0.15) is 0 Å². The number of allylic oxidation sites excluding steroid dienone is 8. The summed E-state index contributed by atoms with van der Waals surface area (Å²) in [5.41, 5.74) is 3.25. The minimum absolute atomic E-state index is 1.03. The molecule has 0 saturated carbocycles. The lowest BCUT2D eigenvalue weighted by molar-refractivity contribution is 1.43. The molecule has 0 aliphatic rings. The Balaban J connectivity index is 4.35. The molecule has 0 spiro atoms. The average molecular weight is 174 g/mol. The van der Waals surface area contributed by atoms with E-state index in [9.17, 15) is 0 Å². The molecular weight excluding hydrogens is 156 g/mol. The van der Waals surface area contributed by atoms with Crippen molar-refractivity contribution in [1.82, 2.24) is 0 Å². The van der Waals surface area contributed by atoms with E-state index >= 15 is 0 Å².